The van der Waals surface area contributed by atoms with Gasteiger partial charge in [-0.05, 0) is 36.4 Å². The summed E-state index contributed by atoms with van der Waals surface area (Å²) < 4.78 is 42.4. The van der Waals surface area contributed by atoms with Crippen molar-refractivity contribution in [2.75, 3.05) is 11.6 Å². The van der Waals surface area contributed by atoms with Crippen LogP contribution in [0.2, 0.25) is 5.02 Å². The molecule has 0 saturated carbocycles. The smallest absolute Gasteiger partial charge is 0.276 e. The molecule has 8 nitrogen and oxygen atoms in total. The lowest BCUT2D eigenvalue weighted by Gasteiger charge is -2.08. The standard InChI is InChI=1S/C21H13ClFN3O5S/c1-32(29,30)21-24-10-14(22)17(26-21)20(28)25-16-13-4-2-3-5-15(13)31-19(16)18(27)11-6-8-12(23)9-7-11/h2-10H,1H3,(H,25,28). The molecule has 162 valence electrons. The zero-order valence-electron chi connectivity index (χ0n) is 16.3. The van der Waals surface area contributed by atoms with E-state index in [0.29, 0.717) is 11.0 Å². The minimum atomic E-state index is -3.80. The molecule has 1 N–H and O–H groups in total. The van der Waals surface area contributed by atoms with Crippen LogP contribution in [0.15, 0.2) is 64.3 Å². The Morgan fingerprint density at radius 1 is 1.09 bits per heavy atom. The van der Waals surface area contributed by atoms with Crippen LogP contribution >= 0.6 is 11.6 Å². The molecule has 1 amide bonds. The van der Waals surface area contributed by atoms with Crippen LogP contribution < -0.4 is 5.32 Å². The number of anilines is 1. The SMILES string of the molecule is CS(=O)(=O)c1ncc(Cl)c(C(=O)Nc2c(C(=O)c3ccc(F)cc3)oc3ccccc23)n1. The Morgan fingerprint density at radius 2 is 1.78 bits per heavy atom. The third-order valence-corrected chi connectivity index (χ3v) is 5.55. The third-order valence-electron chi connectivity index (χ3n) is 4.42. The zero-order chi connectivity index (χ0) is 23.0. The second-order valence-corrected chi connectivity index (χ2v) is 9.03. The third kappa shape index (κ3) is 4.10. The van der Waals surface area contributed by atoms with Crippen molar-refractivity contribution >= 4 is 49.8 Å². The number of sulfone groups is 1. The van der Waals surface area contributed by atoms with Gasteiger partial charge in [0.05, 0.1) is 16.9 Å². The number of nitrogens with zero attached hydrogens (tertiary/aromatic N) is 2. The van der Waals surface area contributed by atoms with Gasteiger partial charge in [0.1, 0.15) is 11.4 Å². The van der Waals surface area contributed by atoms with E-state index in [0.717, 1.165) is 24.6 Å². The lowest BCUT2D eigenvalue weighted by atomic mass is 10.1. The second-order valence-electron chi connectivity index (χ2n) is 6.71. The highest BCUT2D eigenvalue weighted by molar-refractivity contribution is 7.90. The number of amides is 1. The van der Waals surface area contributed by atoms with Crippen LogP contribution in [0.5, 0.6) is 0 Å². The van der Waals surface area contributed by atoms with Crippen molar-refractivity contribution in [3.8, 4) is 0 Å². The number of carbonyl (C=O) groups is 2. The maximum absolute atomic E-state index is 13.3. The first kappa shape index (κ1) is 21.6. The van der Waals surface area contributed by atoms with Crippen molar-refractivity contribution in [3.63, 3.8) is 0 Å². The van der Waals surface area contributed by atoms with Crippen LogP contribution in [0, 0.1) is 5.82 Å². The van der Waals surface area contributed by atoms with Crippen LogP contribution in [0.3, 0.4) is 0 Å². The van der Waals surface area contributed by atoms with Crippen molar-refractivity contribution in [1.29, 1.82) is 0 Å². The maximum atomic E-state index is 13.3. The highest BCUT2D eigenvalue weighted by atomic mass is 35.5. The first-order valence-electron chi connectivity index (χ1n) is 9.01. The Morgan fingerprint density at radius 3 is 2.47 bits per heavy atom. The van der Waals surface area contributed by atoms with Gasteiger partial charge in [0.2, 0.25) is 20.8 Å². The van der Waals surface area contributed by atoms with Crippen molar-refractivity contribution in [1.82, 2.24) is 9.97 Å². The number of para-hydroxylation sites is 1. The Labute approximate surface area is 186 Å². The monoisotopic (exact) mass is 473 g/mol. The number of carbonyl (C=O) groups excluding carboxylic acids is 2. The molecule has 0 atom stereocenters. The number of hydrogen-bond acceptors (Lipinski definition) is 7. The van der Waals surface area contributed by atoms with E-state index in [9.17, 15) is 22.4 Å². The predicted octanol–water partition coefficient (Wildman–Crippen LogP) is 3.90. The van der Waals surface area contributed by atoms with Crippen molar-refractivity contribution in [3.05, 3.63) is 82.6 Å². The summed E-state index contributed by atoms with van der Waals surface area (Å²) in [6.07, 6.45) is 1.89. The van der Waals surface area contributed by atoms with Crippen LogP contribution in [0.1, 0.15) is 26.6 Å². The number of hydrogen-bond donors (Lipinski definition) is 1. The average Bonchev–Trinajstić information content (AvgIpc) is 3.11. The van der Waals surface area contributed by atoms with E-state index in [-0.39, 0.29) is 22.0 Å². The minimum absolute atomic E-state index is 0.0375. The number of ketones is 1. The van der Waals surface area contributed by atoms with Gasteiger partial charge < -0.3 is 9.73 Å². The molecule has 2 aromatic heterocycles. The summed E-state index contributed by atoms with van der Waals surface area (Å²) >= 11 is 6.01. The van der Waals surface area contributed by atoms with E-state index in [1.165, 1.54) is 12.1 Å². The lowest BCUT2D eigenvalue weighted by Crippen LogP contribution is -2.18. The summed E-state index contributed by atoms with van der Waals surface area (Å²) in [5.74, 6) is -2.18. The first-order valence-corrected chi connectivity index (χ1v) is 11.3. The van der Waals surface area contributed by atoms with Gasteiger partial charge in [-0.25, -0.2) is 22.8 Å². The molecule has 32 heavy (non-hydrogen) atoms. The van der Waals surface area contributed by atoms with Crippen LogP contribution in [-0.2, 0) is 9.84 Å². The molecular formula is C21H13ClFN3O5S. The molecule has 2 heterocycles. The van der Waals surface area contributed by atoms with E-state index < -0.39 is 38.2 Å². The lowest BCUT2D eigenvalue weighted by molar-refractivity contribution is 0.101. The number of halogens is 2. The second kappa shape index (κ2) is 8.13. The predicted molar refractivity (Wildman–Crippen MR) is 114 cm³/mol. The first-order chi connectivity index (χ1) is 15.1. The van der Waals surface area contributed by atoms with Crippen LogP contribution in [0.4, 0.5) is 10.1 Å². The number of fused-ring (bicyclic) bond motifs is 1. The topological polar surface area (TPSA) is 119 Å². The Hall–Kier alpha value is -3.63. The summed E-state index contributed by atoms with van der Waals surface area (Å²) in [5, 5.41) is 2.19. The number of benzene rings is 2. The fourth-order valence-corrected chi connectivity index (χ4v) is 3.60. The Kier molecular flexibility index (Phi) is 5.49. The molecule has 0 fully saturated rings. The largest absolute Gasteiger partial charge is 0.450 e. The molecule has 11 heteroatoms. The van der Waals surface area contributed by atoms with Crippen molar-refractivity contribution in [2.45, 2.75) is 5.16 Å². The molecule has 0 spiro atoms. The number of furan rings is 1. The summed E-state index contributed by atoms with van der Waals surface area (Å²) in [4.78, 5) is 33.3. The summed E-state index contributed by atoms with van der Waals surface area (Å²) in [5.41, 5.74) is 0.0994. The van der Waals surface area contributed by atoms with E-state index in [2.05, 4.69) is 15.3 Å². The summed E-state index contributed by atoms with van der Waals surface area (Å²) in [7, 11) is -3.80. The quantitative estimate of drug-likeness (QED) is 0.345. The number of aromatic nitrogens is 2. The highest BCUT2D eigenvalue weighted by Gasteiger charge is 2.26. The van der Waals surface area contributed by atoms with Gasteiger partial charge in [-0.15, -0.1) is 0 Å². The van der Waals surface area contributed by atoms with E-state index in [4.69, 9.17) is 16.0 Å². The molecule has 0 aliphatic rings. The zero-order valence-corrected chi connectivity index (χ0v) is 17.9. The maximum Gasteiger partial charge on any atom is 0.276 e. The van der Waals surface area contributed by atoms with Crippen molar-refractivity contribution < 1.29 is 26.8 Å². The fourth-order valence-electron chi connectivity index (χ4n) is 2.92. The Balaban J connectivity index is 1.80. The van der Waals surface area contributed by atoms with Gasteiger partial charge in [-0.1, -0.05) is 23.7 Å². The molecular weight excluding hydrogens is 461 g/mol. The summed E-state index contributed by atoms with van der Waals surface area (Å²) in [6, 6.07) is 11.4. The molecule has 0 aliphatic heterocycles. The average molecular weight is 474 g/mol. The van der Waals surface area contributed by atoms with Crippen molar-refractivity contribution in [2.24, 2.45) is 0 Å². The van der Waals surface area contributed by atoms with Crippen LogP contribution in [-0.4, -0.2) is 36.3 Å². The molecule has 0 aliphatic carbocycles. The van der Waals surface area contributed by atoms with Gasteiger partial charge in [0.15, 0.2) is 11.5 Å². The molecule has 0 saturated heterocycles. The van der Waals surface area contributed by atoms with Crippen LogP contribution in [0.25, 0.3) is 11.0 Å². The molecule has 4 rings (SSSR count). The Bertz CT molecular complexity index is 1480. The van der Waals surface area contributed by atoms with Gasteiger partial charge in [-0.3, -0.25) is 9.59 Å². The van der Waals surface area contributed by atoms with E-state index >= 15 is 0 Å². The molecule has 0 bridgehead atoms. The number of nitrogens with one attached hydrogen (secondary N) is 1. The highest BCUT2D eigenvalue weighted by Crippen LogP contribution is 2.33. The van der Waals surface area contributed by atoms with E-state index in [1.807, 2.05) is 0 Å². The van der Waals surface area contributed by atoms with Gasteiger partial charge >= 0.3 is 0 Å². The summed E-state index contributed by atoms with van der Waals surface area (Å²) in [6.45, 7) is 0. The molecule has 0 unspecified atom stereocenters. The van der Waals surface area contributed by atoms with Gasteiger partial charge in [0, 0.05) is 17.2 Å². The van der Waals surface area contributed by atoms with Gasteiger partial charge in [0.25, 0.3) is 5.91 Å². The van der Waals surface area contributed by atoms with E-state index in [1.54, 1.807) is 24.3 Å². The molecule has 4 aromatic rings. The number of rotatable bonds is 5. The molecule has 0 radical (unpaired) electrons. The van der Waals surface area contributed by atoms with Gasteiger partial charge in [-0.2, -0.15) is 0 Å². The minimum Gasteiger partial charge on any atom is -0.450 e. The normalized spacial score (nSPS) is 11.5. The molecule has 2 aromatic carbocycles. The fraction of sp³-hybridized carbons (Fsp3) is 0.0476.